The molecule has 9 heteroatoms. The number of aromatic nitrogens is 3. The van der Waals surface area contributed by atoms with Gasteiger partial charge in [-0.05, 0) is 24.6 Å². The maximum Gasteiger partial charge on any atom is 0.191 e. The number of benzene rings is 1. The number of aliphatic imine (C=N–C) groups is 1. The molecule has 2 N–H and O–H groups in total. The van der Waals surface area contributed by atoms with Gasteiger partial charge in [0.25, 0.3) is 0 Å². The van der Waals surface area contributed by atoms with Gasteiger partial charge in [0.15, 0.2) is 17.4 Å². The van der Waals surface area contributed by atoms with Crippen LogP contribution in [0.3, 0.4) is 0 Å². The van der Waals surface area contributed by atoms with Crippen LogP contribution in [-0.2, 0) is 11.3 Å². The number of hydrogen-bond acceptors (Lipinski definition) is 5. The Hall–Kier alpha value is -2.24. The molecule has 1 atom stereocenters. The molecule has 1 aliphatic rings. The van der Waals surface area contributed by atoms with E-state index < -0.39 is 0 Å². The van der Waals surface area contributed by atoms with Crippen molar-refractivity contribution in [2.24, 2.45) is 4.99 Å². The van der Waals surface area contributed by atoms with Crippen LogP contribution >= 0.6 is 24.0 Å². The molecule has 2 aromatic heterocycles. The summed E-state index contributed by atoms with van der Waals surface area (Å²) in [5, 5.41) is 15.3. The van der Waals surface area contributed by atoms with Crippen molar-refractivity contribution in [2.75, 3.05) is 39.4 Å². The zero-order valence-electron chi connectivity index (χ0n) is 17.8. The molecule has 1 unspecified atom stereocenters. The van der Waals surface area contributed by atoms with Crippen molar-refractivity contribution in [3.63, 3.8) is 0 Å². The van der Waals surface area contributed by atoms with Crippen LogP contribution in [0.15, 0.2) is 59.7 Å². The quantitative estimate of drug-likeness (QED) is 0.275. The maximum absolute atomic E-state index is 5.55. The van der Waals surface area contributed by atoms with Gasteiger partial charge < -0.3 is 15.4 Å². The molecule has 31 heavy (non-hydrogen) atoms. The van der Waals surface area contributed by atoms with E-state index in [0.29, 0.717) is 6.54 Å². The minimum atomic E-state index is 0. The number of pyridine rings is 1. The highest BCUT2D eigenvalue weighted by Gasteiger charge is 2.22. The second kappa shape index (κ2) is 12.0. The summed E-state index contributed by atoms with van der Waals surface area (Å²) in [5.41, 5.74) is 2.13. The molecule has 8 nitrogen and oxygen atoms in total. The number of nitrogens with zero attached hydrogens (tertiary/aromatic N) is 5. The minimum Gasteiger partial charge on any atom is -0.379 e. The molecule has 0 spiro atoms. The van der Waals surface area contributed by atoms with Gasteiger partial charge in [-0.2, -0.15) is 0 Å². The van der Waals surface area contributed by atoms with Crippen molar-refractivity contribution >= 4 is 35.6 Å². The molecule has 0 radical (unpaired) electrons. The van der Waals surface area contributed by atoms with Crippen LogP contribution in [0.4, 0.5) is 0 Å². The molecule has 0 saturated carbocycles. The Kier molecular flexibility index (Phi) is 9.04. The first-order valence-corrected chi connectivity index (χ1v) is 10.5. The first-order chi connectivity index (χ1) is 14.8. The highest BCUT2D eigenvalue weighted by molar-refractivity contribution is 14.0. The molecular formula is C22H30IN7O. The van der Waals surface area contributed by atoms with Gasteiger partial charge in [-0.15, -0.1) is 34.2 Å². The van der Waals surface area contributed by atoms with E-state index in [1.54, 1.807) is 0 Å². The predicted octanol–water partition coefficient (Wildman–Crippen LogP) is 2.48. The van der Waals surface area contributed by atoms with Gasteiger partial charge in [0, 0.05) is 32.4 Å². The number of guanidine groups is 1. The molecule has 0 amide bonds. The van der Waals surface area contributed by atoms with E-state index in [0.717, 1.165) is 56.8 Å². The zero-order valence-corrected chi connectivity index (χ0v) is 20.1. The van der Waals surface area contributed by atoms with Crippen LogP contribution in [0.1, 0.15) is 24.4 Å². The second-order valence-corrected chi connectivity index (χ2v) is 7.20. The summed E-state index contributed by atoms with van der Waals surface area (Å²) in [6, 6.07) is 16.8. The molecule has 0 aliphatic carbocycles. The fraction of sp³-hybridized carbons (Fsp3) is 0.409. The lowest BCUT2D eigenvalue weighted by Gasteiger charge is -2.35. The Bertz CT molecular complexity index is 957. The Morgan fingerprint density at radius 2 is 1.84 bits per heavy atom. The number of rotatable bonds is 7. The van der Waals surface area contributed by atoms with Gasteiger partial charge in [-0.1, -0.05) is 36.4 Å². The molecule has 3 heterocycles. The first kappa shape index (κ1) is 23.4. The van der Waals surface area contributed by atoms with Crippen LogP contribution in [0, 0.1) is 0 Å². The van der Waals surface area contributed by atoms with Crippen molar-refractivity contribution in [3.8, 4) is 0 Å². The third-order valence-electron chi connectivity index (χ3n) is 5.24. The molecule has 4 rings (SSSR count). The maximum atomic E-state index is 5.55. The van der Waals surface area contributed by atoms with Crippen LogP contribution in [0.25, 0.3) is 5.65 Å². The van der Waals surface area contributed by atoms with E-state index in [2.05, 4.69) is 63.0 Å². The number of morpholine rings is 1. The van der Waals surface area contributed by atoms with E-state index in [1.807, 2.05) is 28.8 Å². The molecular weight excluding hydrogens is 505 g/mol. The van der Waals surface area contributed by atoms with Gasteiger partial charge >= 0.3 is 0 Å². The average Bonchev–Trinajstić information content (AvgIpc) is 3.22. The highest BCUT2D eigenvalue weighted by Crippen LogP contribution is 2.21. The Balaban J connectivity index is 0.00000272. The van der Waals surface area contributed by atoms with Crippen LogP contribution in [-0.4, -0.2) is 64.9 Å². The number of nitrogens with one attached hydrogen (secondary N) is 2. The first-order valence-electron chi connectivity index (χ1n) is 10.5. The van der Waals surface area contributed by atoms with Crippen molar-refractivity contribution in [3.05, 3.63) is 66.1 Å². The van der Waals surface area contributed by atoms with E-state index >= 15 is 0 Å². The summed E-state index contributed by atoms with van der Waals surface area (Å²) in [7, 11) is 0. The van der Waals surface area contributed by atoms with E-state index in [4.69, 9.17) is 9.73 Å². The summed E-state index contributed by atoms with van der Waals surface area (Å²) >= 11 is 0. The highest BCUT2D eigenvalue weighted by atomic mass is 127. The third-order valence-corrected chi connectivity index (χ3v) is 5.24. The molecule has 0 bridgehead atoms. The lowest BCUT2D eigenvalue weighted by Crippen LogP contribution is -2.46. The smallest absolute Gasteiger partial charge is 0.191 e. The standard InChI is InChI=1S/C22H29N7O.HI/c1-2-23-22(25-17-21-27-26-20-10-6-7-11-29(20)21)24-16-19(18-8-4-3-5-9-18)28-12-14-30-15-13-28;/h3-11,19H,2,12-17H2,1H3,(H2,23,24,25);1H. The van der Waals surface area contributed by atoms with Gasteiger partial charge in [0.1, 0.15) is 6.54 Å². The van der Waals surface area contributed by atoms with Gasteiger partial charge in [-0.3, -0.25) is 9.30 Å². The Labute approximate surface area is 200 Å². The van der Waals surface area contributed by atoms with Crippen LogP contribution in [0.5, 0.6) is 0 Å². The molecule has 1 aliphatic heterocycles. The van der Waals surface area contributed by atoms with Crippen LogP contribution in [0.2, 0.25) is 0 Å². The topological polar surface area (TPSA) is 79.1 Å². The lowest BCUT2D eigenvalue weighted by molar-refractivity contribution is 0.0170. The molecule has 1 fully saturated rings. The molecule has 166 valence electrons. The normalized spacial score (nSPS) is 16.0. The number of hydrogen-bond donors (Lipinski definition) is 2. The Morgan fingerprint density at radius 3 is 2.61 bits per heavy atom. The summed E-state index contributed by atoms with van der Waals surface area (Å²) in [6.45, 7) is 7.49. The van der Waals surface area contributed by atoms with E-state index in [9.17, 15) is 0 Å². The number of halogens is 1. The Morgan fingerprint density at radius 1 is 1.06 bits per heavy atom. The molecule has 1 aromatic carbocycles. The summed E-state index contributed by atoms with van der Waals surface area (Å²) in [4.78, 5) is 7.22. The average molecular weight is 535 g/mol. The van der Waals surface area contributed by atoms with Crippen molar-refractivity contribution in [1.82, 2.24) is 30.1 Å². The third kappa shape index (κ3) is 6.14. The van der Waals surface area contributed by atoms with Crippen molar-refractivity contribution in [2.45, 2.75) is 19.5 Å². The van der Waals surface area contributed by atoms with Crippen molar-refractivity contribution < 1.29 is 4.74 Å². The largest absolute Gasteiger partial charge is 0.379 e. The zero-order chi connectivity index (χ0) is 20.6. The van der Waals surface area contributed by atoms with Gasteiger partial charge in [-0.25, -0.2) is 4.99 Å². The second-order valence-electron chi connectivity index (χ2n) is 7.20. The minimum absolute atomic E-state index is 0. The van der Waals surface area contributed by atoms with E-state index in [-0.39, 0.29) is 30.0 Å². The molecule has 3 aromatic rings. The van der Waals surface area contributed by atoms with Crippen molar-refractivity contribution in [1.29, 1.82) is 0 Å². The predicted molar refractivity (Wildman–Crippen MR) is 133 cm³/mol. The summed E-state index contributed by atoms with van der Waals surface area (Å²) in [6.07, 6.45) is 1.96. The number of fused-ring (bicyclic) bond motifs is 1. The molecule has 1 saturated heterocycles. The fourth-order valence-electron chi connectivity index (χ4n) is 3.71. The summed E-state index contributed by atoms with van der Waals surface area (Å²) < 4.78 is 7.52. The summed E-state index contributed by atoms with van der Waals surface area (Å²) in [5.74, 6) is 1.59. The van der Waals surface area contributed by atoms with Crippen LogP contribution < -0.4 is 10.6 Å². The van der Waals surface area contributed by atoms with Gasteiger partial charge in [0.2, 0.25) is 0 Å². The van der Waals surface area contributed by atoms with E-state index in [1.165, 1.54) is 5.56 Å². The lowest BCUT2D eigenvalue weighted by atomic mass is 10.0. The monoisotopic (exact) mass is 535 g/mol. The number of ether oxygens (including phenoxy) is 1. The SMILES string of the molecule is CCNC(=NCc1nnc2ccccn12)NCC(c1ccccc1)N1CCOCC1.I. The fourth-order valence-corrected chi connectivity index (χ4v) is 3.71. The van der Waals surface area contributed by atoms with Gasteiger partial charge in [0.05, 0.1) is 19.3 Å².